The van der Waals surface area contributed by atoms with Crippen LogP contribution in [0.2, 0.25) is 5.02 Å². The van der Waals surface area contributed by atoms with Gasteiger partial charge < -0.3 is 10.1 Å². The Labute approximate surface area is 131 Å². The molecular weight excluding hydrogens is 340 g/mol. The van der Waals surface area contributed by atoms with Crippen molar-refractivity contribution in [1.29, 1.82) is 5.26 Å². The van der Waals surface area contributed by atoms with Gasteiger partial charge in [-0.05, 0) is 52.7 Å². The van der Waals surface area contributed by atoms with Crippen molar-refractivity contribution in [2.75, 3.05) is 12.4 Å². The van der Waals surface area contributed by atoms with Crippen LogP contribution < -0.4 is 10.1 Å². The number of methoxy groups -OCH3 is 1. The fourth-order valence-corrected chi connectivity index (χ4v) is 2.39. The van der Waals surface area contributed by atoms with Crippen molar-refractivity contribution in [2.45, 2.75) is 6.92 Å². The van der Waals surface area contributed by atoms with Crippen LogP contribution >= 0.6 is 27.5 Å². The number of benzene rings is 2. The third-order valence-electron chi connectivity index (χ3n) is 2.85. The lowest BCUT2D eigenvalue weighted by atomic mass is 10.2. The summed E-state index contributed by atoms with van der Waals surface area (Å²) in [5.74, 6) is 0.668. The second-order valence-corrected chi connectivity index (χ2v) is 5.49. The Morgan fingerprint density at radius 2 is 2.05 bits per heavy atom. The molecule has 1 N–H and O–H groups in total. The van der Waals surface area contributed by atoms with Gasteiger partial charge in [0.1, 0.15) is 11.8 Å². The number of nitriles is 1. The summed E-state index contributed by atoms with van der Waals surface area (Å²) in [6.45, 7) is 1.93. The smallest absolute Gasteiger partial charge is 0.143 e. The molecule has 2 aromatic carbocycles. The number of ether oxygens (including phenoxy) is 1. The number of hydrogen-bond donors (Lipinski definition) is 1. The highest BCUT2D eigenvalue weighted by atomic mass is 79.9. The molecule has 0 bridgehead atoms. The molecule has 0 aromatic heterocycles. The highest BCUT2D eigenvalue weighted by Crippen LogP contribution is 2.33. The highest BCUT2D eigenvalue weighted by molar-refractivity contribution is 9.10. The lowest BCUT2D eigenvalue weighted by molar-refractivity contribution is 0.417. The summed E-state index contributed by atoms with van der Waals surface area (Å²) in [5, 5.41) is 12.8. The molecule has 0 atom stereocenters. The van der Waals surface area contributed by atoms with Crippen LogP contribution in [0.5, 0.6) is 5.75 Å². The summed E-state index contributed by atoms with van der Waals surface area (Å²) in [6.07, 6.45) is 0. The maximum Gasteiger partial charge on any atom is 0.143 e. The van der Waals surface area contributed by atoms with Crippen molar-refractivity contribution < 1.29 is 4.74 Å². The number of aryl methyl sites for hydroxylation is 1. The van der Waals surface area contributed by atoms with E-state index in [1.54, 1.807) is 19.2 Å². The molecule has 2 rings (SSSR count). The van der Waals surface area contributed by atoms with Gasteiger partial charge in [0.25, 0.3) is 0 Å². The predicted octanol–water partition coefficient (Wildman–Crippen LogP) is 5.03. The summed E-state index contributed by atoms with van der Waals surface area (Å²) in [6, 6.07) is 11.2. The Kier molecular flexibility index (Phi) is 4.53. The van der Waals surface area contributed by atoms with E-state index in [0.29, 0.717) is 16.3 Å². The molecule has 3 nitrogen and oxygen atoms in total. The first-order chi connectivity index (χ1) is 9.55. The topological polar surface area (TPSA) is 45.0 Å². The monoisotopic (exact) mass is 350 g/mol. The fraction of sp³-hybridized carbons (Fsp3) is 0.133. The van der Waals surface area contributed by atoms with E-state index in [4.69, 9.17) is 21.6 Å². The first kappa shape index (κ1) is 14.7. The fourth-order valence-electron chi connectivity index (χ4n) is 1.77. The lowest BCUT2D eigenvalue weighted by Crippen LogP contribution is -1.96. The van der Waals surface area contributed by atoms with Crippen LogP contribution in [0, 0.1) is 18.3 Å². The van der Waals surface area contributed by atoms with Gasteiger partial charge >= 0.3 is 0 Å². The molecule has 0 heterocycles. The highest BCUT2D eigenvalue weighted by Gasteiger charge is 2.08. The summed E-state index contributed by atoms with van der Waals surface area (Å²) < 4.78 is 6.06. The number of nitrogens with one attached hydrogen (secondary N) is 1. The average molecular weight is 352 g/mol. The molecule has 0 saturated heterocycles. The number of hydrogen-bond acceptors (Lipinski definition) is 3. The van der Waals surface area contributed by atoms with Crippen LogP contribution in [0.3, 0.4) is 0 Å². The second kappa shape index (κ2) is 6.17. The SMILES string of the molecule is COc1cc(Cl)c(C)cc1Nc1ccc(C#N)c(Br)c1. The van der Waals surface area contributed by atoms with Crippen molar-refractivity contribution in [3.63, 3.8) is 0 Å². The summed E-state index contributed by atoms with van der Waals surface area (Å²) in [4.78, 5) is 0. The minimum absolute atomic E-state index is 0.592. The molecule has 0 aliphatic heterocycles. The van der Waals surface area contributed by atoms with E-state index in [0.717, 1.165) is 21.4 Å². The Hall–Kier alpha value is -1.70. The Morgan fingerprint density at radius 1 is 1.30 bits per heavy atom. The molecule has 0 amide bonds. The lowest BCUT2D eigenvalue weighted by Gasteiger charge is -2.13. The first-order valence-electron chi connectivity index (χ1n) is 5.86. The van der Waals surface area contributed by atoms with Gasteiger partial charge in [-0.2, -0.15) is 5.26 Å². The second-order valence-electron chi connectivity index (χ2n) is 4.23. The van der Waals surface area contributed by atoms with Gasteiger partial charge in [0.05, 0.1) is 18.4 Å². The molecule has 0 radical (unpaired) electrons. The van der Waals surface area contributed by atoms with Gasteiger partial charge in [0, 0.05) is 21.2 Å². The molecule has 2 aromatic rings. The van der Waals surface area contributed by atoms with E-state index < -0.39 is 0 Å². The van der Waals surface area contributed by atoms with E-state index in [2.05, 4.69) is 27.3 Å². The van der Waals surface area contributed by atoms with E-state index >= 15 is 0 Å². The zero-order chi connectivity index (χ0) is 14.7. The third-order valence-corrected chi connectivity index (χ3v) is 3.91. The average Bonchev–Trinajstić information content (AvgIpc) is 2.43. The van der Waals surface area contributed by atoms with Crippen LogP contribution in [0.4, 0.5) is 11.4 Å². The van der Waals surface area contributed by atoms with Crippen LogP contribution in [0.15, 0.2) is 34.8 Å². The van der Waals surface area contributed by atoms with E-state index in [-0.39, 0.29) is 0 Å². The summed E-state index contributed by atoms with van der Waals surface area (Å²) >= 11 is 9.45. The van der Waals surface area contributed by atoms with E-state index in [9.17, 15) is 0 Å². The number of rotatable bonds is 3. The van der Waals surface area contributed by atoms with Crippen molar-refractivity contribution in [1.82, 2.24) is 0 Å². The largest absolute Gasteiger partial charge is 0.495 e. The van der Waals surface area contributed by atoms with Gasteiger partial charge in [0.2, 0.25) is 0 Å². The Morgan fingerprint density at radius 3 is 2.65 bits per heavy atom. The molecule has 0 unspecified atom stereocenters. The normalized spacial score (nSPS) is 9.95. The molecule has 102 valence electrons. The molecule has 20 heavy (non-hydrogen) atoms. The van der Waals surface area contributed by atoms with Gasteiger partial charge in [-0.3, -0.25) is 0 Å². The van der Waals surface area contributed by atoms with Gasteiger partial charge in [0.15, 0.2) is 0 Å². The number of anilines is 2. The summed E-state index contributed by atoms with van der Waals surface area (Å²) in [7, 11) is 1.60. The number of nitrogens with zero attached hydrogens (tertiary/aromatic N) is 1. The number of halogens is 2. The zero-order valence-electron chi connectivity index (χ0n) is 11.0. The Bertz CT molecular complexity index is 695. The molecular formula is C15H12BrClN2O. The maximum atomic E-state index is 8.91. The Balaban J connectivity index is 2.37. The first-order valence-corrected chi connectivity index (χ1v) is 7.03. The molecule has 0 aliphatic rings. The predicted molar refractivity (Wildman–Crippen MR) is 84.9 cm³/mol. The van der Waals surface area contributed by atoms with E-state index in [1.807, 2.05) is 25.1 Å². The third kappa shape index (κ3) is 3.06. The standard InChI is InChI=1S/C15H12BrClN2O/c1-9-5-14(15(20-2)7-13(9)17)19-11-4-3-10(8-18)12(16)6-11/h3-7,19H,1-2H3. The van der Waals surface area contributed by atoms with Crippen LogP contribution in [0.1, 0.15) is 11.1 Å². The molecule has 0 spiro atoms. The molecule has 5 heteroatoms. The zero-order valence-corrected chi connectivity index (χ0v) is 13.3. The van der Waals surface area contributed by atoms with Crippen molar-refractivity contribution in [3.8, 4) is 11.8 Å². The molecule has 0 saturated carbocycles. The minimum atomic E-state index is 0.592. The van der Waals surface area contributed by atoms with Crippen LogP contribution in [-0.4, -0.2) is 7.11 Å². The minimum Gasteiger partial charge on any atom is -0.495 e. The van der Waals surface area contributed by atoms with Gasteiger partial charge in [-0.25, -0.2) is 0 Å². The molecule has 0 fully saturated rings. The van der Waals surface area contributed by atoms with Gasteiger partial charge in [-0.1, -0.05) is 11.6 Å². The van der Waals surface area contributed by atoms with Crippen molar-refractivity contribution in [2.24, 2.45) is 0 Å². The van der Waals surface area contributed by atoms with Gasteiger partial charge in [-0.15, -0.1) is 0 Å². The van der Waals surface area contributed by atoms with Crippen LogP contribution in [0.25, 0.3) is 0 Å². The van der Waals surface area contributed by atoms with Crippen LogP contribution in [-0.2, 0) is 0 Å². The van der Waals surface area contributed by atoms with E-state index in [1.165, 1.54) is 0 Å². The van der Waals surface area contributed by atoms with Crippen molar-refractivity contribution in [3.05, 3.63) is 51.0 Å². The quantitative estimate of drug-likeness (QED) is 0.843. The van der Waals surface area contributed by atoms with Crippen molar-refractivity contribution >= 4 is 38.9 Å². The molecule has 0 aliphatic carbocycles. The summed E-state index contributed by atoms with van der Waals surface area (Å²) in [5.41, 5.74) is 3.24. The maximum absolute atomic E-state index is 8.91.